The third-order valence-corrected chi connectivity index (χ3v) is 6.99. The number of carbonyl (C=O) groups is 2. The van der Waals surface area contributed by atoms with Gasteiger partial charge in [-0.3, -0.25) is 14.3 Å². The summed E-state index contributed by atoms with van der Waals surface area (Å²) in [5, 5.41) is 14.2. The monoisotopic (exact) mass is 502 g/mol. The molecular formula is C25H23FN8O3. The van der Waals surface area contributed by atoms with Crippen molar-refractivity contribution in [2.75, 3.05) is 11.1 Å². The van der Waals surface area contributed by atoms with Crippen LogP contribution in [0.1, 0.15) is 31.4 Å². The Morgan fingerprint density at radius 1 is 1.30 bits per heavy atom. The molecule has 1 fully saturated rings. The molecule has 37 heavy (non-hydrogen) atoms. The number of nitrogens with zero attached hydrogens (tertiary/aromatic N) is 5. The molecule has 1 aliphatic heterocycles. The van der Waals surface area contributed by atoms with E-state index in [-0.39, 0.29) is 41.4 Å². The summed E-state index contributed by atoms with van der Waals surface area (Å²) in [6.07, 6.45) is 2.29. The first-order chi connectivity index (χ1) is 17.8. The maximum atomic E-state index is 14.4. The van der Waals surface area contributed by atoms with Gasteiger partial charge in [-0.1, -0.05) is 30.3 Å². The van der Waals surface area contributed by atoms with Crippen LogP contribution in [-0.4, -0.2) is 42.8 Å². The molecule has 11 nitrogen and oxygen atoms in total. The molecule has 2 amide bonds. The van der Waals surface area contributed by atoms with E-state index in [1.54, 1.807) is 35.0 Å². The molecule has 12 heteroatoms. The molecule has 1 saturated carbocycles. The van der Waals surface area contributed by atoms with Gasteiger partial charge in [-0.2, -0.15) is 5.10 Å². The molecular weight excluding hydrogens is 479 g/mol. The highest BCUT2D eigenvalue weighted by atomic mass is 19.1. The van der Waals surface area contributed by atoms with Crippen molar-refractivity contribution < 1.29 is 18.5 Å². The minimum atomic E-state index is -1.56. The summed E-state index contributed by atoms with van der Waals surface area (Å²) < 4.78 is 20.9. The number of fused-ring (bicyclic) bond motifs is 1. The van der Waals surface area contributed by atoms with Crippen LogP contribution in [0.4, 0.5) is 16.0 Å². The minimum Gasteiger partial charge on any atom is -0.383 e. The Morgan fingerprint density at radius 2 is 2.08 bits per heavy atom. The lowest BCUT2D eigenvalue weighted by atomic mass is 9.83. The van der Waals surface area contributed by atoms with Crippen molar-refractivity contribution in [3.63, 3.8) is 0 Å². The largest absolute Gasteiger partial charge is 0.383 e. The molecule has 0 bridgehead atoms. The summed E-state index contributed by atoms with van der Waals surface area (Å²) in [5.41, 5.74) is 6.75. The Labute approximate surface area is 210 Å². The van der Waals surface area contributed by atoms with Crippen molar-refractivity contribution in [1.29, 1.82) is 0 Å². The van der Waals surface area contributed by atoms with E-state index in [0.29, 0.717) is 28.6 Å². The summed E-state index contributed by atoms with van der Waals surface area (Å²) in [5.74, 6) is -0.694. The van der Waals surface area contributed by atoms with E-state index in [1.165, 1.54) is 19.3 Å². The number of amides is 2. The SMILES string of the molecule is CC1CC1NC(=O)C1(C)C(=O)Nc2nc(-c3cc(-c4ccon4)n(Cc4ccccc4F)n3)nc(N)c21. The van der Waals surface area contributed by atoms with E-state index in [9.17, 15) is 14.0 Å². The number of nitrogens with two attached hydrogens (primary N) is 1. The van der Waals surface area contributed by atoms with Gasteiger partial charge in [0.15, 0.2) is 11.2 Å². The molecule has 3 atom stereocenters. The average Bonchev–Trinajstić information content (AvgIpc) is 3.26. The third kappa shape index (κ3) is 3.72. The third-order valence-electron chi connectivity index (χ3n) is 6.99. The summed E-state index contributed by atoms with van der Waals surface area (Å²) in [4.78, 5) is 34.9. The van der Waals surface area contributed by atoms with Crippen LogP contribution in [0.5, 0.6) is 0 Å². The summed E-state index contributed by atoms with van der Waals surface area (Å²) >= 11 is 0. The number of halogens is 1. The predicted octanol–water partition coefficient (Wildman–Crippen LogP) is 2.50. The van der Waals surface area contributed by atoms with Crippen LogP contribution in [0.15, 0.2) is 47.2 Å². The molecule has 3 unspecified atom stereocenters. The molecule has 6 rings (SSSR count). The lowest BCUT2D eigenvalue weighted by Gasteiger charge is -2.22. The highest BCUT2D eigenvalue weighted by Gasteiger charge is 2.53. The molecule has 0 saturated heterocycles. The Morgan fingerprint density at radius 3 is 2.78 bits per heavy atom. The molecule has 1 aliphatic carbocycles. The van der Waals surface area contributed by atoms with Crippen molar-refractivity contribution in [3.05, 3.63) is 59.6 Å². The van der Waals surface area contributed by atoms with Crippen molar-refractivity contribution in [2.45, 2.75) is 38.3 Å². The lowest BCUT2D eigenvalue weighted by molar-refractivity contribution is -0.133. The second-order valence-corrected chi connectivity index (χ2v) is 9.58. The standard InChI is InChI=1S/C25H23FN8O3/c1-12-9-16(12)28-23(35)25(2)19-20(27)29-21(30-22(19)31-24(25)36)17-10-18(15-7-8-37-33-15)34(32-17)11-13-5-3-4-6-14(13)26/h3-8,10,12,16H,9,11H2,1-2H3,(H,28,35)(H3,27,29,30,31,36). The minimum absolute atomic E-state index is 0.00788. The number of benzene rings is 1. The van der Waals surface area contributed by atoms with E-state index < -0.39 is 17.2 Å². The Hall–Kier alpha value is -4.61. The van der Waals surface area contributed by atoms with Gasteiger partial charge in [0, 0.05) is 17.7 Å². The van der Waals surface area contributed by atoms with Crippen molar-refractivity contribution in [1.82, 2.24) is 30.2 Å². The van der Waals surface area contributed by atoms with E-state index in [4.69, 9.17) is 10.3 Å². The first-order valence-electron chi connectivity index (χ1n) is 11.8. The van der Waals surface area contributed by atoms with Gasteiger partial charge in [0.05, 0.1) is 17.8 Å². The molecule has 0 radical (unpaired) electrons. The number of rotatable bonds is 6. The zero-order valence-corrected chi connectivity index (χ0v) is 20.0. The molecule has 188 valence electrons. The van der Waals surface area contributed by atoms with Crippen LogP contribution in [0.2, 0.25) is 0 Å². The van der Waals surface area contributed by atoms with Gasteiger partial charge in [-0.05, 0) is 31.4 Å². The number of nitrogen functional groups attached to an aromatic ring is 1. The predicted molar refractivity (Wildman–Crippen MR) is 130 cm³/mol. The van der Waals surface area contributed by atoms with Gasteiger partial charge in [-0.15, -0.1) is 0 Å². The van der Waals surface area contributed by atoms with Gasteiger partial charge in [0.25, 0.3) is 0 Å². The molecule has 0 spiro atoms. The van der Waals surface area contributed by atoms with E-state index in [1.807, 2.05) is 6.92 Å². The van der Waals surface area contributed by atoms with E-state index in [2.05, 4.69) is 30.9 Å². The van der Waals surface area contributed by atoms with Gasteiger partial charge in [0.2, 0.25) is 11.8 Å². The zero-order chi connectivity index (χ0) is 25.9. The fourth-order valence-corrected chi connectivity index (χ4v) is 4.56. The van der Waals surface area contributed by atoms with Crippen LogP contribution in [0.3, 0.4) is 0 Å². The first kappa shape index (κ1) is 22.8. The molecule has 3 aromatic heterocycles. The lowest BCUT2D eigenvalue weighted by Crippen LogP contribution is -2.48. The van der Waals surface area contributed by atoms with Crippen molar-refractivity contribution in [2.24, 2.45) is 5.92 Å². The maximum absolute atomic E-state index is 14.4. The van der Waals surface area contributed by atoms with Crippen LogP contribution in [0, 0.1) is 11.7 Å². The number of hydrogen-bond acceptors (Lipinski definition) is 8. The number of aromatic nitrogens is 5. The highest BCUT2D eigenvalue weighted by Crippen LogP contribution is 2.42. The van der Waals surface area contributed by atoms with E-state index in [0.717, 1.165) is 6.42 Å². The Balaban J connectivity index is 1.39. The smallest absolute Gasteiger partial charge is 0.245 e. The maximum Gasteiger partial charge on any atom is 0.245 e. The van der Waals surface area contributed by atoms with Crippen LogP contribution >= 0.6 is 0 Å². The number of anilines is 2. The van der Waals surface area contributed by atoms with Crippen LogP contribution in [0.25, 0.3) is 22.9 Å². The molecule has 4 N–H and O–H groups in total. The van der Waals surface area contributed by atoms with Crippen molar-refractivity contribution in [3.8, 4) is 22.9 Å². The fourth-order valence-electron chi connectivity index (χ4n) is 4.56. The number of carbonyl (C=O) groups excluding carboxylic acids is 2. The highest BCUT2D eigenvalue weighted by molar-refractivity contribution is 6.21. The Kier molecular flexibility index (Phi) is 5.07. The Bertz CT molecular complexity index is 1550. The van der Waals surface area contributed by atoms with Gasteiger partial charge in [-0.25, -0.2) is 14.4 Å². The zero-order valence-electron chi connectivity index (χ0n) is 20.0. The second-order valence-electron chi connectivity index (χ2n) is 9.58. The van der Waals surface area contributed by atoms with Gasteiger partial charge in [0.1, 0.15) is 35.1 Å². The summed E-state index contributed by atoms with van der Waals surface area (Å²) in [6, 6.07) is 9.76. The van der Waals surface area contributed by atoms with Crippen molar-refractivity contribution >= 4 is 23.5 Å². The topological polar surface area (TPSA) is 154 Å². The molecule has 4 heterocycles. The molecule has 1 aromatic carbocycles. The normalized spacial score (nSPS) is 22.0. The van der Waals surface area contributed by atoms with Gasteiger partial charge >= 0.3 is 0 Å². The molecule has 4 aromatic rings. The van der Waals surface area contributed by atoms with Gasteiger partial charge < -0.3 is 20.9 Å². The quantitative estimate of drug-likeness (QED) is 0.340. The second kappa shape index (κ2) is 8.22. The number of nitrogens with one attached hydrogen (secondary N) is 2. The fraction of sp³-hybridized carbons (Fsp3) is 0.280. The first-order valence-corrected chi connectivity index (χ1v) is 11.8. The summed E-state index contributed by atoms with van der Waals surface area (Å²) in [7, 11) is 0. The van der Waals surface area contributed by atoms with Crippen LogP contribution in [-0.2, 0) is 21.5 Å². The number of hydrogen-bond donors (Lipinski definition) is 3. The van der Waals surface area contributed by atoms with E-state index >= 15 is 0 Å². The van der Waals surface area contributed by atoms with Crippen LogP contribution < -0.4 is 16.4 Å². The average molecular weight is 503 g/mol. The molecule has 2 aliphatic rings. The summed E-state index contributed by atoms with van der Waals surface area (Å²) in [6.45, 7) is 3.66.